The molecule has 0 radical (unpaired) electrons. The molecule has 1 aliphatic carbocycles. The molecule has 506 valence electrons. The molecule has 0 unspecified atom stereocenters. The van der Waals surface area contributed by atoms with Crippen molar-refractivity contribution in [3.05, 3.63) is 69.3 Å². The Morgan fingerprint density at radius 2 is 0.477 bits per heavy atom. The maximum absolute atomic E-state index is 11.8. The van der Waals surface area contributed by atoms with Gasteiger partial charge in [0.25, 0.3) is 0 Å². The van der Waals surface area contributed by atoms with Crippen molar-refractivity contribution in [1.82, 2.24) is 0 Å². The summed E-state index contributed by atoms with van der Waals surface area (Å²) >= 11 is 9.64. The van der Waals surface area contributed by atoms with Crippen LogP contribution >= 0.6 is 0 Å². The minimum absolute atomic E-state index is 0.00357. The Morgan fingerprint density at radius 1 is 0.284 bits per heavy atom. The zero-order valence-electron chi connectivity index (χ0n) is 42.8. The monoisotopic (exact) mass is 2310 g/mol. The lowest BCUT2D eigenvalue weighted by atomic mass is 9.59. The molecular weight excluding hydrogens is 2280 g/mol. The van der Waals surface area contributed by atoms with E-state index in [0.29, 0.717) is 5.56 Å². The molecule has 0 spiro atoms. The van der Waals surface area contributed by atoms with Gasteiger partial charge in [0.1, 0.15) is 0 Å². The predicted octanol–water partition coefficient (Wildman–Crippen LogP) is 5.96. The summed E-state index contributed by atoms with van der Waals surface area (Å²) in [6.07, 6.45) is 0.945. The number of benzene rings is 2. The number of fused-ring (bicyclic) bond motifs is 1. The molecule has 1 aliphatic rings. The highest BCUT2D eigenvalue weighted by molar-refractivity contribution is 8.83. The molecule has 2 aromatic rings. The number of hydrogen-bond acceptors (Lipinski definition) is 3. The van der Waals surface area contributed by atoms with Gasteiger partial charge in [-0.2, -0.15) is 0 Å². The predicted molar refractivity (Wildman–Crippen MR) is 563 cm³/mol. The topological polar surface area (TPSA) is 17.1 Å². The van der Waals surface area contributed by atoms with Crippen molar-refractivity contribution in [1.29, 1.82) is 0 Å². The first kappa shape index (κ1) is 95.2. The third-order valence-electron chi connectivity index (χ3n) is 8.96. The summed E-state index contributed by atoms with van der Waals surface area (Å²) in [6.45, 7) is 18.0. The van der Waals surface area contributed by atoms with Crippen molar-refractivity contribution in [2.75, 3.05) is 0 Å². The van der Waals surface area contributed by atoms with E-state index in [1.54, 1.807) is 107 Å². The summed E-state index contributed by atoms with van der Waals surface area (Å²) in [7, 11) is 106. The van der Waals surface area contributed by atoms with E-state index in [0.717, 1.165) is 17.4 Å². The second-order valence-electron chi connectivity index (χ2n) is 13.6. The molecule has 0 saturated heterocycles. The van der Waals surface area contributed by atoms with Crippen LogP contribution in [0.5, 0.6) is 0 Å². The fourth-order valence-corrected chi connectivity index (χ4v) is 162. The van der Waals surface area contributed by atoms with E-state index in [2.05, 4.69) is 97.6 Å². The summed E-state index contributed by atoms with van der Waals surface area (Å²) in [6, 6.07) is 10.5. The van der Waals surface area contributed by atoms with Gasteiger partial charge in [-0.25, -0.2) is 0 Å². The second-order valence-corrected chi connectivity index (χ2v) is 118. The average Bonchev–Trinajstić information content (AvgIpc) is 1.70. The Kier molecular flexibility index (Phi) is 72.9. The first-order valence-electron chi connectivity index (χ1n) is 19.7. The van der Waals surface area contributed by atoms with Crippen LogP contribution in [0.2, 0.25) is 0 Å². The Bertz CT molecular complexity index is 5720. The average molecular weight is 2310 g/mol. The van der Waals surface area contributed by atoms with Crippen LogP contribution in [0.3, 0.4) is 0 Å². The molecule has 0 aromatic heterocycles. The first-order valence-corrected chi connectivity index (χ1v) is 99.7. The van der Waals surface area contributed by atoms with Gasteiger partial charge in [-0.15, -0.1) is 0 Å². The Hall–Kier alpha value is 11.1. The lowest BCUT2D eigenvalue weighted by molar-refractivity contribution is 0.112. The van der Waals surface area contributed by atoms with Gasteiger partial charge in [0.2, 0.25) is 0 Å². The van der Waals surface area contributed by atoms with Gasteiger partial charge in [0.05, 0.1) is 0 Å². The number of hydrogen-bond donors (Lipinski definition) is 0. The molecular formula is C26H30OS61. The van der Waals surface area contributed by atoms with Crippen molar-refractivity contribution in [3.8, 4) is 11.8 Å². The van der Waals surface area contributed by atoms with Gasteiger partial charge in [0, 0.05) is 563 Å². The van der Waals surface area contributed by atoms with Gasteiger partial charge in [-0.1, -0.05) is 59.4 Å². The molecule has 2 aromatic carbocycles. The SMILES string of the molecule is Cc1cc(C)cc(C#Cc2cc3c(cc2C=O)C(C)(C)C(C)(C)C3(C)C)c1.S=S=S=S=S=S=S=S=S=S=S=S=S=S=S=S=S=S=S=S=S=S=S=S=S=S=S=S=S=S=S=S=S=S=S=S=S=S=S=S=S=S=S=S=S=S=S=S=S=S=S=S=S=S=S=S=S=S=S=S=S. The molecule has 62 heteroatoms. The van der Waals surface area contributed by atoms with Gasteiger partial charge in [0.15, 0.2) is 6.29 Å². The lowest BCUT2D eigenvalue weighted by Gasteiger charge is -2.44. The summed E-state index contributed by atoms with van der Waals surface area (Å²) in [5.74, 6) is 6.54. The van der Waals surface area contributed by atoms with E-state index in [1.807, 2.05) is 400 Å². The molecule has 0 fully saturated rings. The standard InChI is InChI=1S/C26H30O.S61/c1-17-11-18(2)13-19(12-17)9-10-20-14-22-23(15-21(20)16-27)25(5,6)26(7,8)24(22,3)4;1-3-5-7-9-11-13-15-17-19-21-23-25-27-29-31-33-35-37-39-41-43-45-47-49-51-53-55-57-59-61-60-58-56-54-52-50-48-46-44-42-40-38-36-34-32-30-28-26-24-22-20-18-16-14-12-10-8-6-4-2/h11-16H,1-8H3;. The molecule has 1 nitrogen and oxygen atoms in total. The molecule has 0 N–H and O–H groups in total. The van der Waals surface area contributed by atoms with E-state index in [4.69, 9.17) is 22.4 Å². The summed E-state index contributed by atoms with van der Waals surface area (Å²) in [5.41, 5.74) is 7.56. The third-order valence-corrected chi connectivity index (χ3v) is 138. The number of carbonyl (C=O) groups is 1. The normalized spacial score (nSPS) is 11.0. The number of rotatable bonds is 1. The first-order chi connectivity index (χ1) is 42.8. The fourth-order valence-electron chi connectivity index (χ4n) is 5.14. The van der Waals surface area contributed by atoms with Gasteiger partial charge in [-0.05, 0) is 76.6 Å². The van der Waals surface area contributed by atoms with E-state index >= 15 is 0 Å². The third kappa shape index (κ3) is 49.9. The molecule has 88 heavy (non-hydrogen) atoms. The number of carbonyl (C=O) groups excluding carboxylic acids is 1. The number of aryl methyl sites for hydroxylation is 2. The minimum atomic E-state index is -0.0107. The van der Waals surface area contributed by atoms with Crippen LogP contribution in [0.25, 0.3) is 0 Å². The lowest BCUT2D eigenvalue weighted by Crippen LogP contribution is -2.42. The van der Waals surface area contributed by atoms with E-state index in [9.17, 15) is 4.79 Å². The minimum Gasteiger partial charge on any atom is -0.298 e. The Morgan fingerprint density at radius 3 is 0.670 bits per heavy atom. The van der Waals surface area contributed by atoms with Crippen LogP contribution in [0.1, 0.15) is 85.3 Å². The van der Waals surface area contributed by atoms with Crippen LogP contribution < -0.4 is 0 Å². The van der Waals surface area contributed by atoms with E-state index < -0.39 is 0 Å². The van der Waals surface area contributed by atoms with Crippen LogP contribution in [0.15, 0.2) is 30.3 Å². The smallest absolute Gasteiger partial charge is 0.151 e. The van der Waals surface area contributed by atoms with Crippen LogP contribution in [0.4, 0.5) is 0 Å². The maximum Gasteiger partial charge on any atom is 0.151 e. The summed E-state index contributed by atoms with van der Waals surface area (Å²) in [5, 5.41) is 0. The molecule has 0 atom stereocenters. The molecule has 0 amide bonds. The van der Waals surface area contributed by atoms with Gasteiger partial charge < -0.3 is 0 Å². The van der Waals surface area contributed by atoms with Gasteiger partial charge in [-0.3, -0.25) is 4.79 Å². The highest BCUT2D eigenvalue weighted by Gasteiger charge is 2.56. The molecule has 0 saturated carbocycles. The van der Waals surface area contributed by atoms with Crippen LogP contribution in [-0.2, 0) is 557 Å². The maximum atomic E-state index is 11.8. The molecule has 0 aliphatic heterocycles. The van der Waals surface area contributed by atoms with Crippen molar-refractivity contribution in [2.24, 2.45) is 5.41 Å². The van der Waals surface area contributed by atoms with Crippen molar-refractivity contribution in [2.45, 2.75) is 66.2 Å². The Balaban J connectivity index is 0.000000800. The summed E-state index contributed by atoms with van der Waals surface area (Å²) < 4.78 is 0. The molecule has 3 rings (SSSR count). The van der Waals surface area contributed by atoms with Crippen LogP contribution in [0, 0.1) is 31.1 Å². The zero-order valence-corrected chi connectivity index (χ0v) is 92.6. The highest BCUT2D eigenvalue weighted by atomic mass is 33.5. The van der Waals surface area contributed by atoms with Crippen LogP contribution in [-0.4, -0.2) is 6.29 Å². The van der Waals surface area contributed by atoms with E-state index in [1.165, 1.54) is 40.0 Å². The van der Waals surface area contributed by atoms with E-state index in [-0.39, 0.29) is 16.2 Å². The fraction of sp³-hybridized carbons (Fsp3) is 0.423. The van der Waals surface area contributed by atoms with Crippen molar-refractivity contribution < 1.29 is 4.79 Å². The highest BCUT2D eigenvalue weighted by Crippen LogP contribution is 2.61. The second kappa shape index (κ2) is 67.4. The van der Waals surface area contributed by atoms with Crippen molar-refractivity contribution in [3.63, 3.8) is 0 Å². The molecule has 0 heterocycles. The largest absolute Gasteiger partial charge is 0.298 e. The zero-order chi connectivity index (χ0) is 63.9. The quantitative estimate of drug-likeness (QED) is 0.260. The van der Waals surface area contributed by atoms with Gasteiger partial charge >= 0.3 is 0 Å². The van der Waals surface area contributed by atoms with Crippen molar-refractivity contribution >= 4 is 553 Å². The Labute approximate surface area is 692 Å². The molecule has 0 bridgehead atoms. The number of aldehydes is 1. The summed E-state index contributed by atoms with van der Waals surface area (Å²) in [4.78, 5) is 11.8.